The van der Waals surface area contributed by atoms with E-state index >= 15 is 0 Å². The van der Waals surface area contributed by atoms with Crippen LogP contribution in [-0.2, 0) is 25.5 Å². The van der Waals surface area contributed by atoms with E-state index in [1.807, 2.05) is 0 Å². The first-order valence-corrected chi connectivity index (χ1v) is 11.0. The van der Waals surface area contributed by atoms with Crippen molar-refractivity contribution in [3.8, 4) is 11.5 Å². The molecule has 34 heavy (non-hydrogen) atoms. The van der Waals surface area contributed by atoms with Crippen LogP contribution in [0.3, 0.4) is 0 Å². The van der Waals surface area contributed by atoms with Crippen LogP contribution >= 0.6 is 11.6 Å². The number of likely N-dealkylation sites (tertiary alicyclic amines) is 1. The van der Waals surface area contributed by atoms with Crippen LogP contribution in [0, 0.1) is 5.92 Å². The molecule has 0 N–H and O–H groups in total. The zero-order valence-electron chi connectivity index (χ0n) is 18.3. The Morgan fingerprint density at radius 1 is 1.24 bits per heavy atom. The molecular formula is C23H21ClF2N2O6. The average Bonchev–Trinajstić information content (AvgIpc) is 3.09. The smallest absolute Gasteiger partial charge is 0.464 e. The van der Waals surface area contributed by atoms with Crippen molar-refractivity contribution in [3.63, 3.8) is 0 Å². The monoisotopic (exact) mass is 494 g/mol. The van der Waals surface area contributed by atoms with Gasteiger partial charge >= 0.3 is 12.3 Å². The number of imide groups is 1. The molecule has 2 aliphatic heterocycles. The van der Waals surface area contributed by atoms with Crippen LogP contribution in [0.15, 0.2) is 36.5 Å². The van der Waals surface area contributed by atoms with E-state index in [-0.39, 0.29) is 30.9 Å². The minimum Gasteiger partial charge on any atom is -0.464 e. The predicted molar refractivity (Wildman–Crippen MR) is 114 cm³/mol. The Kier molecular flexibility index (Phi) is 6.44. The SMILES string of the molecule is CCOC(=O)[C@@H]1[C@@H](Cc2ccc(Cl)nc2)C(=O)N1C(=O)C[C@H](C)c1ccc2c(c1)OC(F)(F)O2. The van der Waals surface area contributed by atoms with Gasteiger partial charge in [-0.3, -0.25) is 14.5 Å². The summed E-state index contributed by atoms with van der Waals surface area (Å²) in [5.74, 6) is -3.19. The lowest BCUT2D eigenvalue weighted by Gasteiger charge is -2.44. The quantitative estimate of drug-likeness (QED) is 0.329. The van der Waals surface area contributed by atoms with Gasteiger partial charge in [0, 0.05) is 12.6 Å². The van der Waals surface area contributed by atoms with Crippen molar-refractivity contribution in [1.29, 1.82) is 0 Å². The highest BCUT2D eigenvalue weighted by atomic mass is 35.5. The van der Waals surface area contributed by atoms with Crippen molar-refractivity contribution in [2.45, 2.75) is 44.9 Å². The van der Waals surface area contributed by atoms with E-state index in [0.29, 0.717) is 16.3 Å². The standard InChI is InChI=1S/C23H21ClF2N2O6/c1-3-32-22(31)20-15(9-13-4-7-18(24)27-11-13)21(30)28(20)19(29)8-12(2)14-5-6-16-17(10-14)34-23(25,26)33-16/h4-7,10-12,15,20H,3,8-9H2,1-2H3/t12-,15+,20-/m0/s1. The van der Waals surface area contributed by atoms with Crippen molar-refractivity contribution in [2.75, 3.05) is 6.61 Å². The van der Waals surface area contributed by atoms with Crippen molar-refractivity contribution in [2.24, 2.45) is 5.92 Å². The van der Waals surface area contributed by atoms with E-state index < -0.39 is 42.0 Å². The van der Waals surface area contributed by atoms with Crippen LogP contribution in [-0.4, -0.2) is 46.6 Å². The third-order valence-electron chi connectivity index (χ3n) is 5.73. The number of aromatic nitrogens is 1. The summed E-state index contributed by atoms with van der Waals surface area (Å²) < 4.78 is 40.5. The number of esters is 1. The summed E-state index contributed by atoms with van der Waals surface area (Å²) in [5.41, 5.74) is 1.23. The van der Waals surface area contributed by atoms with Crippen LogP contribution in [0.5, 0.6) is 11.5 Å². The van der Waals surface area contributed by atoms with Gasteiger partial charge in [-0.1, -0.05) is 30.7 Å². The molecule has 1 fully saturated rings. The third kappa shape index (κ3) is 4.68. The molecule has 11 heteroatoms. The zero-order chi connectivity index (χ0) is 24.6. The van der Waals surface area contributed by atoms with Gasteiger partial charge in [0.1, 0.15) is 11.2 Å². The van der Waals surface area contributed by atoms with E-state index in [4.69, 9.17) is 16.3 Å². The molecule has 1 aromatic carbocycles. The number of β-lactam (4-membered cyclic amide) rings is 1. The number of amides is 2. The van der Waals surface area contributed by atoms with Gasteiger partial charge in [0.15, 0.2) is 11.5 Å². The van der Waals surface area contributed by atoms with Crippen LogP contribution in [0.1, 0.15) is 37.3 Å². The lowest BCUT2D eigenvalue weighted by molar-refractivity contribution is -0.286. The number of carbonyl (C=O) groups is 3. The molecule has 8 nitrogen and oxygen atoms in total. The molecule has 0 spiro atoms. The number of alkyl halides is 2. The molecular weight excluding hydrogens is 474 g/mol. The van der Waals surface area contributed by atoms with Gasteiger partial charge in [0.2, 0.25) is 11.8 Å². The molecule has 180 valence electrons. The second-order valence-electron chi connectivity index (χ2n) is 8.08. The molecule has 0 bridgehead atoms. The first kappa shape index (κ1) is 23.9. The highest BCUT2D eigenvalue weighted by Gasteiger charge is 2.55. The number of hydrogen-bond acceptors (Lipinski definition) is 7. The molecule has 1 aromatic heterocycles. The van der Waals surface area contributed by atoms with Gasteiger partial charge in [-0.2, -0.15) is 0 Å². The summed E-state index contributed by atoms with van der Waals surface area (Å²) in [4.78, 5) is 43.3. The lowest BCUT2D eigenvalue weighted by Crippen LogP contribution is -2.67. The molecule has 0 aliphatic carbocycles. The van der Waals surface area contributed by atoms with Crippen LogP contribution in [0.2, 0.25) is 5.15 Å². The Morgan fingerprint density at radius 3 is 2.65 bits per heavy atom. The number of carbonyl (C=O) groups excluding carboxylic acids is 3. The van der Waals surface area contributed by atoms with Crippen molar-refractivity contribution < 1.29 is 37.4 Å². The summed E-state index contributed by atoms with van der Waals surface area (Å²) in [5, 5.41) is 0.295. The number of pyridine rings is 1. The first-order chi connectivity index (χ1) is 16.1. The van der Waals surface area contributed by atoms with Crippen LogP contribution < -0.4 is 9.47 Å². The van der Waals surface area contributed by atoms with Gasteiger partial charge in [-0.05, 0) is 48.6 Å². The second-order valence-corrected chi connectivity index (χ2v) is 8.46. The maximum absolute atomic E-state index is 13.3. The first-order valence-electron chi connectivity index (χ1n) is 10.6. The molecule has 0 radical (unpaired) electrons. The summed E-state index contributed by atoms with van der Waals surface area (Å²) in [6, 6.07) is 6.45. The van der Waals surface area contributed by atoms with Crippen LogP contribution in [0.25, 0.3) is 0 Å². The molecule has 2 aliphatic rings. The van der Waals surface area contributed by atoms with Gasteiger partial charge in [0.25, 0.3) is 0 Å². The number of benzene rings is 1. The Bertz CT molecular complexity index is 1130. The number of hydrogen-bond donors (Lipinski definition) is 0. The maximum Gasteiger partial charge on any atom is 0.586 e. The Labute approximate surface area is 198 Å². The summed E-state index contributed by atoms with van der Waals surface area (Å²) in [6.45, 7) is 3.43. The minimum atomic E-state index is -3.74. The predicted octanol–water partition coefficient (Wildman–Crippen LogP) is 3.71. The van der Waals surface area contributed by atoms with E-state index in [0.717, 1.165) is 4.90 Å². The Morgan fingerprint density at radius 2 is 1.97 bits per heavy atom. The molecule has 2 aromatic rings. The molecule has 3 atom stereocenters. The van der Waals surface area contributed by atoms with E-state index in [1.54, 1.807) is 32.0 Å². The Hall–Kier alpha value is -3.27. The number of ether oxygens (including phenoxy) is 3. The maximum atomic E-state index is 13.3. The zero-order valence-corrected chi connectivity index (χ0v) is 19.1. The van der Waals surface area contributed by atoms with Gasteiger partial charge < -0.3 is 14.2 Å². The third-order valence-corrected chi connectivity index (χ3v) is 5.95. The van der Waals surface area contributed by atoms with Gasteiger partial charge in [-0.25, -0.2) is 9.78 Å². The molecule has 0 unspecified atom stereocenters. The molecule has 4 rings (SSSR count). The average molecular weight is 495 g/mol. The number of fused-ring (bicyclic) bond motifs is 1. The van der Waals surface area contributed by atoms with E-state index in [9.17, 15) is 23.2 Å². The van der Waals surface area contributed by atoms with Gasteiger partial charge in [-0.15, -0.1) is 8.78 Å². The van der Waals surface area contributed by atoms with Gasteiger partial charge in [0.05, 0.1) is 12.5 Å². The van der Waals surface area contributed by atoms with E-state index in [2.05, 4.69) is 14.5 Å². The fourth-order valence-corrected chi connectivity index (χ4v) is 4.17. The number of halogens is 3. The fraction of sp³-hybridized carbons (Fsp3) is 0.391. The number of nitrogens with zero attached hydrogens (tertiary/aromatic N) is 2. The normalized spacial score (nSPS) is 21.1. The summed E-state index contributed by atoms with van der Waals surface area (Å²) >= 11 is 5.80. The molecule has 2 amide bonds. The molecule has 3 heterocycles. The van der Waals surface area contributed by atoms with Crippen molar-refractivity contribution in [1.82, 2.24) is 9.88 Å². The molecule has 1 saturated heterocycles. The number of rotatable bonds is 7. The topological polar surface area (TPSA) is 95.0 Å². The highest BCUT2D eigenvalue weighted by Crippen LogP contribution is 2.43. The highest BCUT2D eigenvalue weighted by molar-refractivity contribution is 6.29. The van der Waals surface area contributed by atoms with E-state index in [1.165, 1.54) is 18.3 Å². The largest absolute Gasteiger partial charge is 0.586 e. The molecule has 0 saturated carbocycles. The minimum absolute atomic E-state index is 0.0962. The second kappa shape index (κ2) is 9.17. The fourth-order valence-electron chi connectivity index (χ4n) is 4.05. The van der Waals surface area contributed by atoms with Crippen LogP contribution in [0.4, 0.5) is 8.78 Å². The Balaban J connectivity index is 1.47. The van der Waals surface area contributed by atoms with Crippen molar-refractivity contribution in [3.05, 3.63) is 52.8 Å². The lowest BCUT2D eigenvalue weighted by atomic mass is 9.81. The summed E-state index contributed by atoms with van der Waals surface area (Å²) in [7, 11) is 0. The summed E-state index contributed by atoms with van der Waals surface area (Å²) in [6.07, 6.45) is -2.17. The van der Waals surface area contributed by atoms with Crippen molar-refractivity contribution >= 4 is 29.4 Å².